The molecule has 0 bridgehead atoms. The molecule has 2 heterocycles. The van der Waals surface area contributed by atoms with Crippen LogP contribution in [0.3, 0.4) is 0 Å². The number of rotatable bonds is 4. The van der Waals surface area contributed by atoms with Crippen molar-refractivity contribution >= 4 is 18.3 Å². The number of aromatic hydroxyl groups is 1. The molecule has 3 N–H and O–H groups in total. The molecule has 1 aliphatic heterocycles. The number of halogens is 1. The number of amides is 1. The van der Waals surface area contributed by atoms with Gasteiger partial charge in [-0.15, -0.1) is 12.4 Å². The number of carbonyl (C=O) groups excluding carboxylic acids is 1. The molecule has 1 amide bonds. The first-order valence-corrected chi connectivity index (χ1v) is 9.95. The van der Waals surface area contributed by atoms with Gasteiger partial charge >= 0.3 is 0 Å². The predicted octanol–water partition coefficient (Wildman–Crippen LogP) is 2.71. The molecule has 0 spiro atoms. The lowest BCUT2D eigenvalue weighted by molar-refractivity contribution is -0.132. The van der Waals surface area contributed by atoms with E-state index < -0.39 is 6.04 Å². The van der Waals surface area contributed by atoms with Crippen LogP contribution in [-0.2, 0) is 31.1 Å². The van der Waals surface area contributed by atoms with Crippen molar-refractivity contribution in [3.8, 4) is 17.0 Å². The molecular formula is C23H27ClN4O2. The topological polar surface area (TPSA) is 84.4 Å². The molecule has 2 aromatic carbocycles. The van der Waals surface area contributed by atoms with Crippen LogP contribution in [0.2, 0.25) is 0 Å². The van der Waals surface area contributed by atoms with E-state index in [0.29, 0.717) is 19.5 Å². The van der Waals surface area contributed by atoms with Crippen molar-refractivity contribution in [3.63, 3.8) is 0 Å². The van der Waals surface area contributed by atoms with Crippen LogP contribution >= 0.6 is 12.4 Å². The number of hydrogen-bond acceptors (Lipinski definition) is 4. The van der Waals surface area contributed by atoms with Crippen LogP contribution in [0.5, 0.6) is 5.75 Å². The van der Waals surface area contributed by atoms with Crippen molar-refractivity contribution in [2.24, 2.45) is 12.8 Å². The van der Waals surface area contributed by atoms with E-state index in [1.165, 1.54) is 11.3 Å². The Morgan fingerprint density at radius 2 is 1.77 bits per heavy atom. The molecule has 0 unspecified atom stereocenters. The second-order valence-corrected chi connectivity index (χ2v) is 7.57. The maximum Gasteiger partial charge on any atom is 0.239 e. The molecule has 1 aliphatic rings. The predicted molar refractivity (Wildman–Crippen MR) is 120 cm³/mol. The first-order valence-electron chi connectivity index (χ1n) is 9.95. The van der Waals surface area contributed by atoms with Crippen LogP contribution in [0, 0.1) is 0 Å². The van der Waals surface area contributed by atoms with E-state index in [1.54, 1.807) is 24.3 Å². The van der Waals surface area contributed by atoms with Crippen molar-refractivity contribution in [2.75, 3.05) is 13.1 Å². The second-order valence-electron chi connectivity index (χ2n) is 7.57. The van der Waals surface area contributed by atoms with Crippen molar-refractivity contribution in [3.05, 3.63) is 71.4 Å². The average molecular weight is 427 g/mol. The van der Waals surface area contributed by atoms with Gasteiger partial charge in [-0.3, -0.25) is 9.48 Å². The number of fused-ring (bicyclic) bond motifs is 1. The van der Waals surface area contributed by atoms with Crippen LogP contribution in [0.15, 0.2) is 54.6 Å². The summed E-state index contributed by atoms with van der Waals surface area (Å²) < 4.78 is 1.95. The van der Waals surface area contributed by atoms with Crippen molar-refractivity contribution in [1.29, 1.82) is 0 Å². The number of nitrogens with two attached hydrogens (primary N) is 1. The maximum absolute atomic E-state index is 13.0. The summed E-state index contributed by atoms with van der Waals surface area (Å²) in [4.78, 5) is 14.8. The highest BCUT2D eigenvalue weighted by Crippen LogP contribution is 2.28. The molecule has 3 aromatic rings. The number of nitrogens with zero attached hydrogens (tertiary/aromatic N) is 3. The number of aromatic nitrogens is 2. The molecule has 30 heavy (non-hydrogen) atoms. The van der Waals surface area contributed by atoms with E-state index in [9.17, 15) is 9.90 Å². The monoisotopic (exact) mass is 426 g/mol. The zero-order valence-corrected chi connectivity index (χ0v) is 17.8. The van der Waals surface area contributed by atoms with E-state index in [2.05, 4.69) is 12.1 Å². The van der Waals surface area contributed by atoms with Crippen LogP contribution in [0.1, 0.15) is 16.8 Å². The molecule has 0 radical (unpaired) electrons. The molecule has 4 rings (SSSR count). The van der Waals surface area contributed by atoms with Crippen LogP contribution < -0.4 is 5.73 Å². The van der Waals surface area contributed by atoms with Crippen molar-refractivity contribution < 1.29 is 9.90 Å². The molecule has 0 aliphatic carbocycles. The number of benzene rings is 2. The summed E-state index contributed by atoms with van der Waals surface area (Å²) in [6.45, 7) is 1.28. The fourth-order valence-corrected chi connectivity index (χ4v) is 4.03. The second kappa shape index (κ2) is 9.32. The number of phenolic OH excluding ortho intramolecular Hbond substituents is 1. The van der Waals surface area contributed by atoms with E-state index in [4.69, 9.17) is 10.8 Å². The van der Waals surface area contributed by atoms with Crippen molar-refractivity contribution in [1.82, 2.24) is 14.7 Å². The van der Waals surface area contributed by atoms with E-state index in [0.717, 1.165) is 29.7 Å². The molecule has 6 nitrogen and oxygen atoms in total. The summed E-state index contributed by atoms with van der Waals surface area (Å²) in [7, 11) is 1.97. The molecule has 0 saturated carbocycles. The zero-order chi connectivity index (χ0) is 20.4. The number of phenols is 1. The minimum Gasteiger partial charge on any atom is -0.508 e. The van der Waals surface area contributed by atoms with Gasteiger partial charge in [0.2, 0.25) is 5.91 Å². The lowest BCUT2D eigenvalue weighted by atomic mass is 10.0. The van der Waals surface area contributed by atoms with Gasteiger partial charge in [-0.1, -0.05) is 42.5 Å². The molecule has 0 fully saturated rings. The van der Waals surface area contributed by atoms with Gasteiger partial charge in [-0.25, -0.2) is 0 Å². The highest BCUT2D eigenvalue weighted by atomic mass is 35.5. The minimum atomic E-state index is -0.590. The summed E-state index contributed by atoms with van der Waals surface area (Å²) >= 11 is 0. The Morgan fingerprint density at radius 3 is 2.47 bits per heavy atom. The van der Waals surface area contributed by atoms with Gasteiger partial charge in [0.1, 0.15) is 5.75 Å². The van der Waals surface area contributed by atoms with Gasteiger partial charge in [-0.05, 0) is 30.5 Å². The SMILES string of the molecule is Cl.Cn1nc(-c2ccccc2)c2c1CCN(C(=O)[C@H](N)Cc1ccc(O)cc1)CC2. The first kappa shape index (κ1) is 21.9. The summed E-state index contributed by atoms with van der Waals surface area (Å²) in [6, 6.07) is 16.4. The minimum absolute atomic E-state index is 0. The van der Waals surface area contributed by atoms with Crippen LogP contribution in [-0.4, -0.2) is 44.8 Å². The smallest absolute Gasteiger partial charge is 0.239 e. The molecule has 1 aromatic heterocycles. The Balaban J connectivity index is 0.00000256. The third kappa shape index (κ3) is 4.50. The van der Waals surface area contributed by atoms with Crippen LogP contribution in [0.4, 0.5) is 0 Å². The van der Waals surface area contributed by atoms with Gasteiger partial charge in [0, 0.05) is 43.4 Å². The van der Waals surface area contributed by atoms with E-state index in [-0.39, 0.29) is 24.1 Å². The summed E-state index contributed by atoms with van der Waals surface area (Å²) in [5.41, 5.74) is 11.7. The third-order valence-electron chi connectivity index (χ3n) is 5.59. The standard InChI is InChI=1S/C23H26N4O2.ClH/c1-26-21-12-14-27(23(29)20(24)15-16-7-9-18(28)10-8-16)13-11-19(21)22(25-26)17-5-3-2-4-6-17;/h2-10,20,28H,11-15,24H2,1H3;1H/t20-;/m1./s1. The summed E-state index contributed by atoms with van der Waals surface area (Å²) in [5.74, 6) is 0.182. The molecule has 0 saturated heterocycles. The van der Waals surface area contributed by atoms with Crippen LogP contribution in [0.25, 0.3) is 11.3 Å². The fourth-order valence-electron chi connectivity index (χ4n) is 4.03. The Morgan fingerprint density at radius 1 is 1.10 bits per heavy atom. The van der Waals surface area contributed by atoms with Gasteiger partial charge < -0.3 is 15.7 Å². The lowest BCUT2D eigenvalue weighted by Crippen LogP contribution is -2.46. The lowest BCUT2D eigenvalue weighted by Gasteiger charge is -2.24. The fraction of sp³-hybridized carbons (Fsp3) is 0.304. The number of carbonyl (C=O) groups is 1. The Labute approximate surface area is 182 Å². The molecule has 158 valence electrons. The first-order chi connectivity index (χ1) is 14.0. The normalized spacial score (nSPS) is 14.4. The van der Waals surface area contributed by atoms with Gasteiger partial charge in [0.15, 0.2) is 0 Å². The summed E-state index contributed by atoms with van der Waals surface area (Å²) in [6.07, 6.45) is 1.99. The third-order valence-corrected chi connectivity index (χ3v) is 5.59. The molecule has 7 heteroatoms. The Kier molecular flexibility index (Phi) is 6.80. The van der Waals surface area contributed by atoms with E-state index >= 15 is 0 Å². The number of aryl methyl sites for hydroxylation is 1. The average Bonchev–Trinajstić information content (AvgIpc) is 2.90. The Bertz CT molecular complexity index is 1000. The van der Waals surface area contributed by atoms with Gasteiger partial charge in [-0.2, -0.15) is 5.10 Å². The van der Waals surface area contributed by atoms with E-state index in [1.807, 2.05) is 34.8 Å². The highest BCUT2D eigenvalue weighted by Gasteiger charge is 2.27. The number of hydrogen-bond donors (Lipinski definition) is 2. The quantitative estimate of drug-likeness (QED) is 0.671. The highest BCUT2D eigenvalue weighted by molar-refractivity contribution is 5.85. The molecule has 1 atom stereocenters. The largest absolute Gasteiger partial charge is 0.508 e. The van der Waals surface area contributed by atoms with Gasteiger partial charge in [0.25, 0.3) is 0 Å². The molecular weight excluding hydrogens is 400 g/mol. The van der Waals surface area contributed by atoms with Gasteiger partial charge in [0.05, 0.1) is 11.7 Å². The Hall–Kier alpha value is -2.83. The van der Waals surface area contributed by atoms with Crippen molar-refractivity contribution in [2.45, 2.75) is 25.3 Å². The zero-order valence-electron chi connectivity index (χ0n) is 17.0. The maximum atomic E-state index is 13.0. The summed E-state index contributed by atoms with van der Waals surface area (Å²) in [5, 5.41) is 14.2.